The number of hydrogen-bond donors (Lipinski definition) is 2. The number of hydrogen-bond acceptors (Lipinski definition) is 2. The Bertz CT molecular complexity index is 698. The number of thiophene rings is 1. The standard InChI is InChI=1S/C17H19BrN2OS/c1-11-3-4-15(14(18)9-11)19-17(21)10-20-7-5-16-13(12(20)2)6-8-22-16/h3-4,6,8-9,12H,5,7,10H2,1-2H3,(H,19,21)/p+1/t12-/m1/s1. The van der Waals surface area contributed by atoms with Crippen LogP contribution in [0.4, 0.5) is 5.69 Å². The van der Waals surface area contributed by atoms with Gasteiger partial charge in [-0.2, -0.15) is 0 Å². The highest BCUT2D eigenvalue weighted by Crippen LogP contribution is 2.25. The summed E-state index contributed by atoms with van der Waals surface area (Å²) in [6.45, 7) is 5.79. The van der Waals surface area contributed by atoms with Gasteiger partial charge in [0.25, 0.3) is 5.91 Å². The minimum atomic E-state index is 0.0742. The summed E-state index contributed by atoms with van der Waals surface area (Å²) in [5.41, 5.74) is 3.43. The second-order valence-electron chi connectivity index (χ2n) is 5.89. The maximum Gasteiger partial charge on any atom is 0.279 e. The number of quaternary nitrogens is 1. The minimum absolute atomic E-state index is 0.0742. The highest BCUT2D eigenvalue weighted by Gasteiger charge is 2.29. The summed E-state index contributed by atoms with van der Waals surface area (Å²) >= 11 is 5.34. The normalized spacial score (nSPS) is 20.5. The van der Waals surface area contributed by atoms with E-state index >= 15 is 0 Å². The number of amides is 1. The van der Waals surface area contributed by atoms with Gasteiger partial charge in [0.2, 0.25) is 0 Å². The van der Waals surface area contributed by atoms with Gasteiger partial charge in [-0.05, 0) is 58.9 Å². The Labute approximate surface area is 143 Å². The summed E-state index contributed by atoms with van der Waals surface area (Å²) in [6, 6.07) is 8.57. The van der Waals surface area contributed by atoms with Crippen molar-refractivity contribution in [2.45, 2.75) is 26.3 Å². The molecule has 5 heteroatoms. The SMILES string of the molecule is Cc1ccc(NC(=O)C[NH+]2CCc3sccc3[C@H]2C)c(Br)c1. The largest absolute Gasteiger partial charge is 0.321 e. The Kier molecular flexibility index (Phi) is 4.66. The molecule has 0 spiro atoms. The lowest BCUT2D eigenvalue weighted by Crippen LogP contribution is -3.14. The molecule has 0 aliphatic carbocycles. The Balaban J connectivity index is 1.65. The number of anilines is 1. The van der Waals surface area contributed by atoms with Crippen molar-refractivity contribution in [2.24, 2.45) is 0 Å². The van der Waals surface area contributed by atoms with Gasteiger partial charge in [-0.25, -0.2) is 0 Å². The first-order valence-electron chi connectivity index (χ1n) is 7.51. The van der Waals surface area contributed by atoms with E-state index in [0.29, 0.717) is 12.6 Å². The first-order chi connectivity index (χ1) is 10.5. The number of carbonyl (C=O) groups is 1. The second kappa shape index (κ2) is 6.52. The van der Waals surface area contributed by atoms with E-state index in [1.54, 1.807) is 0 Å². The van der Waals surface area contributed by atoms with E-state index in [1.807, 2.05) is 36.5 Å². The lowest BCUT2D eigenvalue weighted by Gasteiger charge is -2.29. The van der Waals surface area contributed by atoms with Crippen molar-refractivity contribution in [3.63, 3.8) is 0 Å². The molecule has 1 aliphatic heterocycles. The average Bonchev–Trinajstić information content (AvgIpc) is 2.94. The molecule has 0 bridgehead atoms. The van der Waals surface area contributed by atoms with Crippen LogP contribution in [0.3, 0.4) is 0 Å². The molecule has 1 aromatic carbocycles. The van der Waals surface area contributed by atoms with Gasteiger partial charge in [-0.15, -0.1) is 11.3 Å². The van der Waals surface area contributed by atoms with E-state index in [1.165, 1.54) is 20.9 Å². The van der Waals surface area contributed by atoms with Gasteiger partial charge in [0.05, 0.1) is 12.2 Å². The number of fused-ring (bicyclic) bond motifs is 1. The summed E-state index contributed by atoms with van der Waals surface area (Å²) in [4.78, 5) is 15.2. The lowest BCUT2D eigenvalue weighted by atomic mass is 10.0. The van der Waals surface area contributed by atoms with Crippen LogP contribution in [0.1, 0.15) is 29.0 Å². The van der Waals surface area contributed by atoms with Gasteiger partial charge >= 0.3 is 0 Å². The van der Waals surface area contributed by atoms with E-state index < -0.39 is 0 Å². The zero-order chi connectivity index (χ0) is 15.7. The number of carbonyl (C=O) groups excluding carboxylic acids is 1. The molecule has 1 aromatic heterocycles. The van der Waals surface area contributed by atoms with Gasteiger partial charge < -0.3 is 10.2 Å². The van der Waals surface area contributed by atoms with Crippen LogP contribution in [-0.2, 0) is 11.2 Å². The van der Waals surface area contributed by atoms with Gasteiger partial charge in [0.15, 0.2) is 6.54 Å². The van der Waals surface area contributed by atoms with Crippen LogP contribution in [0.2, 0.25) is 0 Å². The minimum Gasteiger partial charge on any atom is -0.321 e. The molecule has 0 fully saturated rings. The molecule has 2 heterocycles. The summed E-state index contributed by atoms with van der Waals surface area (Å²) in [6.07, 6.45) is 1.08. The van der Waals surface area contributed by atoms with Crippen LogP contribution in [0, 0.1) is 6.92 Å². The Morgan fingerprint density at radius 1 is 1.45 bits per heavy atom. The van der Waals surface area contributed by atoms with E-state index in [0.717, 1.165) is 23.1 Å². The van der Waals surface area contributed by atoms with Crippen molar-refractivity contribution in [1.82, 2.24) is 0 Å². The number of nitrogens with one attached hydrogen (secondary N) is 2. The van der Waals surface area contributed by atoms with Crippen molar-refractivity contribution in [1.29, 1.82) is 0 Å². The van der Waals surface area contributed by atoms with E-state index in [-0.39, 0.29) is 5.91 Å². The van der Waals surface area contributed by atoms with Crippen LogP contribution in [-0.4, -0.2) is 19.0 Å². The molecule has 1 unspecified atom stereocenters. The van der Waals surface area contributed by atoms with Crippen LogP contribution in [0.25, 0.3) is 0 Å². The Hall–Kier alpha value is -1.17. The van der Waals surface area contributed by atoms with Gasteiger partial charge in [0, 0.05) is 21.3 Å². The predicted octanol–water partition coefficient (Wildman–Crippen LogP) is 2.96. The van der Waals surface area contributed by atoms with Crippen molar-refractivity contribution in [2.75, 3.05) is 18.4 Å². The van der Waals surface area contributed by atoms with Crippen molar-refractivity contribution >= 4 is 38.9 Å². The highest BCUT2D eigenvalue weighted by atomic mass is 79.9. The third-order valence-corrected chi connectivity index (χ3v) is 5.97. The molecule has 0 saturated carbocycles. The Morgan fingerprint density at radius 2 is 2.27 bits per heavy atom. The topological polar surface area (TPSA) is 33.5 Å². The van der Waals surface area contributed by atoms with E-state index in [4.69, 9.17) is 0 Å². The summed E-state index contributed by atoms with van der Waals surface area (Å²) in [7, 11) is 0. The van der Waals surface area contributed by atoms with Gasteiger partial charge in [-0.3, -0.25) is 4.79 Å². The summed E-state index contributed by atoms with van der Waals surface area (Å²) in [5, 5.41) is 5.18. The third kappa shape index (κ3) is 3.26. The maximum absolute atomic E-state index is 12.4. The number of halogens is 1. The fraction of sp³-hybridized carbons (Fsp3) is 0.353. The van der Waals surface area contributed by atoms with Crippen molar-refractivity contribution in [3.05, 3.63) is 50.1 Å². The number of aryl methyl sites for hydroxylation is 1. The van der Waals surface area contributed by atoms with E-state index in [2.05, 4.69) is 39.6 Å². The molecule has 3 rings (SSSR count). The number of benzene rings is 1. The molecule has 116 valence electrons. The zero-order valence-electron chi connectivity index (χ0n) is 12.8. The Morgan fingerprint density at radius 3 is 3.05 bits per heavy atom. The fourth-order valence-corrected chi connectivity index (χ4v) is 4.59. The smallest absolute Gasteiger partial charge is 0.279 e. The predicted molar refractivity (Wildman–Crippen MR) is 94.6 cm³/mol. The van der Waals surface area contributed by atoms with Gasteiger partial charge in [-0.1, -0.05) is 6.07 Å². The summed E-state index contributed by atoms with van der Waals surface area (Å²) < 4.78 is 0.933. The molecular formula is C17H20BrN2OS+. The molecule has 1 amide bonds. The molecule has 1 aliphatic rings. The maximum atomic E-state index is 12.4. The third-order valence-electron chi connectivity index (χ3n) is 4.32. The molecule has 2 atom stereocenters. The molecule has 3 nitrogen and oxygen atoms in total. The highest BCUT2D eigenvalue weighted by molar-refractivity contribution is 9.10. The molecule has 22 heavy (non-hydrogen) atoms. The quantitative estimate of drug-likeness (QED) is 0.844. The summed E-state index contributed by atoms with van der Waals surface area (Å²) in [5.74, 6) is 0.0742. The monoisotopic (exact) mass is 379 g/mol. The van der Waals surface area contributed by atoms with Crippen LogP contribution >= 0.6 is 27.3 Å². The molecule has 2 aromatic rings. The molecular weight excluding hydrogens is 360 g/mol. The molecule has 0 radical (unpaired) electrons. The van der Waals surface area contributed by atoms with Gasteiger partial charge in [0.1, 0.15) is 6.04 Å². The van der Waals surface area contributed by atoms with Crippen LogP contribution < -0.4 is 10.2 Å². The van der Waals surface area contributed by atoms with Crippen LogP contribution in [0.15, 0.2) is 34.1 Å². The van der Waals surface area contributed by atoms with Crippen LogP contribution in [0.5, 0.6) is 0 Å². The fourth-order valence-electron chi connectivity index (χ4n) is 3.01. The average molecular weight is 380 g/mol. The lowest BCUT2D eigenvalue weighted by molar-refractivity contribution is -0.923. The first-order valence-corrected chi connectivity index (χ1v) is 9.18. The van der Waals surface area contributed by atoms with Crippen molar-refractivity contribution < 1.29 is 9.69 Å². The zero-order valence-corrected chi connectivity index (χ0v) is 15.2. The van der Waals surface area contributed by atoms with Crippen molar-refractivity contribution in [3.8, 4) is 0 Å². The number of rotatable bonds is 3. The molecule has 0 saturated heterocycles. The molecule has 2 N–H and O–H groups in total. The first kappa shape index (κ1) is 15.7. The van der Waals surface area contributed by atoms with E-state index in [9.17, 15) is 4.79 Å². The second-order valence-corrected chi connectivity index (χ2v) is 7.74.